The van der Waals surface area contributed by atoms with Crippen LogP contribution < -0.4 is 4.74 Å². The molecule has 3 rings (SSSR count). The summed E-state index contributed by atoms with van der Waals surface area (Å²) in [6.45, 7) is 7.76. The standard InChI is InChI=1S/C28H35N3O3/c1-6-17-33-20-24(32)18-31(22(4)7-2)19-26-27(23-11-9-8-10-12-23)29-30(5)28(26)34-25-15-13-21(3)14-16-25/h1,8-16,22,24,32H,7,17-20H2,2-5H3/t22-,24+/m0/s1. The summed E-state index contributed by atoms with van der Waals surface area (Å²) in [7, 11) is 1.90. The van der Waals surface area contributed by atoms with Crippen molar-refractivity contribution in [2.24, 2.45) is 7.05 Å². The largest absolute Gasteiger partial charge is 0.439 e. The molecule has 180 valence electrons. The zero-order valence-electron chi connectivity index (χ0n) is 20.6. The van der Waals surface area contributed by atoms with Crippen LogP contribution in [0.4, 0.5) is 0 Å². The fourth-order valence-electron chi connectivity index (χ4n) is 3.81. The maximum atomic E-state index is 10.6. The smallest absolute Gasteiger partial charge is 0.222 e. The third kappa shape index (κ3) is 6.71. The molecule has 0 aliphatic rings. The molecule has 1 N–H and O–H groups in total. The Morgan fingerprint density at radius 1 is 1.15 bits per heavy atom. The third-order valence-electron chi connectivity index (χ3n) is 5.89. The molecule has 2 atom stereocenters. The molecule has 0 amide bonds. The van der Waals surface area contributed by atoms with E-state index in [0.29, 0.717) is 19.0 Å². The van der Waals surface area contributed by atoms with Crippen molar-refractivity contribution in [1.82, 2.24) is 14.7 Å². The van der Waals surface area contributed by atoms with Gasteiger partial charge in [0.1, 0.15) is 18.1 Å². The monoisotopic (exact) mass is 461 g/mol. The molecule has 1 aromatic heterocycles. The van der Waals surface area contributed by atoms with Crippen LogP contribution in [0.3, 0.4) is 0 Å². The second kappa shape index (κ2) is 12.4. The first kappa shape index (κ1) is 25.5. The summed E-state index contributed by atoms with van der Waals surface area (Å²) in [5, 5.41) is 15.4. The molecule has 1 heterocycles. The van der Waals surface area contributed by atoms with Gasteiger partial charge in [0.25, 0.3) is 0 Å². The van der Waals surface area contributed by atoms with Crippen LogP contribution in [0.15, 0.2) is 54.6 Å². The van der Waals surface area contributed by atoms with E-state index in [0.717, 1.165) is 29.0 Å². The van der Waals surface area contributed by atoms with Crippen molar-refractivity contribution in [3.05, 3.63) is 65.7 Å². The minimum absolute atomic E-state index is 0.190. The normalized spacial score (nSPS) is 13.0. The van der Waals surface area contributed by atoms with Crippen molar-refractivity contribution in [1.29, 1.82) is 0 Å². The van der Waals surface area contributed by atoms with Crippen molar-refractivity contribution >= 4 is 0 Å². The zero-order chi connectivity index (χ0) is 24.5. The molecule has 2 aromatic carbocycles. The lowest BCUT2D eigenvalue weighted by atomic mass is 10.1. The van der Waals surface area contributed by atoms with Crippen LogP contribution in [-0.4, -0.2) is 51.7 Å². The lowest BCUT2D eigenvalue weighted by molar-refractivity contribution is 0.0169. The van der Waals surface area contributed by atoms with Gasteiger partial charge in [0.05, 0.1) is 18.3 Å². The average Bonchev–Trinajstić information content (AvgIpc) is 3.15. The summed E-state index contributed by atoms with van der Waals surface area (Å²) in [6, 6.07) is 18.3. The highest BCUT2D eigenvalue weighted by molar-refractivity contribution is 5.65. The maximum absolute atomic E-state index is 10.6. The summed E-state index contributed by atoms with van der Waals surface area (Å²) < 4.78 is 13.5. The molecular weight excluding hydrogens is 426 g/mol. The van der Waals surface area contributed by atoms with Crippen molar-refractivity contribution < 1.29 is 14.6 Å². The zero-order valence-corrected chi connectivity index (χ0v) is 20.6. The van der Waals surface area contributed by atoms with Gasteiger partial charge in [-0.05, 0) is 32.4 Å². The molecule has 0 radical (unpaired) electrons. The molecule has 0 aliphatic heterocycles. The Labute approximate surface area is 203 Å². The molecular formula is C28H35N3O3. The van der Waals surface area contributed by atoms with Crippen LogP contribution in [0.2, 0.25) is 0 Å². The van der Waals surface area contributed by atoms with Gasteiger partial charge in [0.15, 0.2) is 0 Å². The van der Waals surface area contributed by atoms with Crippen molar-refractivity contribution in [2.75, 3.05) is 19.8 Å². The predicted octanol–water partition coefficient (Wildman–Crippen LogP) is 4.80. The Morgan fingerprint density at radius 3 is 2.50 bits per heavy atom. The van der Waals surface area contributed by atoms with Crippen LogP contribution in [0, 0.1) is 19.3 Å². The fraction of sp³-hybridized carbons (Fsp3) is 0.393. The number of ether oxygens (including phenoxy) is 2. The topological polar surface area (TPSA) is 59.8 Å². The third-order valence-corrected chi connectivity index (χ3v) is 5.89. The minimum atomic E-state index is -0.652. The summed E-state index contributed by atoms with van der Waals surface area (Å²) in [4.78, 5) is 2.25. The lowest BCUT2D eigenvalue weighted by Gasteiger charge is -2.30. The van der Waals surface area contributed by atoms with Gasteiger partial charge >= 0.3 is 0 Å². The molecule has 3 aromatic rings. The Kier molecular flexibility index (Phi) is 9.29. The lowest BCUT2D eigenvalue weighted by Crippen LogP contribution is -2.40. The van der Waals surface area contributed by atoms with E-state index in [1.165, 1.54) is 5.56 Å². The molecule has 0 saturated carbocycles. The second-order valence-electron chi connectivity index (χ2n) is 8.60. The molecule has 6 nitrogen and oxygen atoms in total. The van der Waals surface area contributed by atoms with Gasteiger partial charge < -0.3 is 14.6 Å². The van der Waals surface area contributed by atoms with E-state index in [9.17, 15) is 5.11 Å². The molecule has 0 fully saturated rings. The minimum Gasteiger partial charge on any atom is -0.439 e. The molecule has 0 spiro atoms. The molecule has 0 bridgehead atoms. The van der Waals surface area contributed by atoms with Gasteiger partial charge in [0, 0.05) is 31.7 Å². The number of hydrogen-bond donors (Lipinski definition) is 1. The maximum Gasteiger partial charge on any atom is 0.222 e. The number of rotatable bonds is 12. The van der Waals surface area contributed by atoms with E-state index in [-0.39, 0.29) is 19.3 Å². The highest BCUT2D eigenvalue weighted by Crippen LogP contribution is 2.34. The van der Waals surface area contributed by atoms with Crippen LogP contribution in [0.1, 0.15) is 31.4 Å². The predicted molar refractivity (Wildman–Crippen MR) is 136 cm³/mol. The van der Waals surface area contributed by atoms with Crippen LogP contribution >= 0.6 is 0 Å². The summed E-state index contributed by atoms with van der Waals surface area (Å²) in [5.41, 5.74) is 4.04. The number of aromatic nitrogens is 2. The first-order chi connectivity index (χ1) is 16.4. The molecule has 34 heavy (non-hydrogen) atoms. The van der Waals surface area contributed by atoms with Crippen molar-refractivity contribution in [2.45, 2.75) is 45.9 Å². The van der Waals surface area contributed by atoms with Gasteiger partial charge in [-0.25, -0.2) is 4.68 Å². The molecule has 0 saturated heterocycles. The number of aliphatic hydroxyl groups excluding tert-OH is 1. The van der Waals surface area contributed by atoms with Gasteiger partial charge in [-0.3, -0.25) is 4.90 Å². The van der Waals surface area contributed by atoms with E-state index in [1.54, 1.807) is 4.68 Å². The summed E-state index contributed by atoms with van der Waals surface area (Å²) in [6.07, 6.45) is 5.55. The average molecular weight is 462 g/mol. The fourth-order valence-corrected chi connectivity index (χ4v) is 3.81. The van der Waals surface area contributed by atoms with E-state index < -0.39 is 6.10 Å². The quantitative estimate of drug-likeness (QED) is 0.310. The number of aryl methyl sites for hydroxylation is 2. The van der Waals surface area contributed by atoms with E-state index in [1.807, 2.05) is 49.5 Å². The highest BCUT2D eigenvalue weighted by atomic mass is 16.5. The number of aliphatic hydroxyl groups is 1. The van der Waals surface area contributed by atoms with Crippen LogP contribution in [-0.2, 0) is 18.3 Å². The van der Waals surface area contributed by atoms with E-state index >= 15 is 0 Å². The van der Waals surface area contributed by atoms with Gasteiger partial charge in [-0.1, -0.05) is 60.9 Å². The number of nitrogens with zero attached hydrogens (tertiary/aromatic N) is 3. The van der Waals surface area contributed by atoms with Crippen LogP contribution in [0.25, 0.3) is 11.3 Å². The second-order valence-corrected chi connectivity index (χ2v) is 8.60. The highest BCUT2D eigenvalue weighted by Gasteiger charge is 2.25. The number of terminal acetylenes is 1. The first-order valence-electron chi connectivity index (χ1n) is 11.7. The SMILES string of the molecule is C#CCOC[C@H](O)CN(Cc1c(-c2ccccc2)nn(C)c1Oc1ccc(C)cc1)[C@@H](C)CC. The van der Waals surface area contributed by atoms with Crippen LogP contribution in [0.5, 0.6) is 11.6 Å². The Hall–Kier alpha value is -3.11. The Balaban J connectivity index is 1.96. The van der Waals surface area contributed by atoms with Gasteiger partial charge in [-0.15, -0.1) is 6.42 Å². The van der Waals surface area contributed by atoms with Crippen molar-refractivity contribution in [3.8, 4) is 35.2 Å². The molecule has 0 aliphatic carbocycles. The number of benzene rings is 2. The van der Waals surface area contributed by atoms with Crippen molar-refractivity contribution in [3.63, 3.8) is 0 Å². The molecule has 6 heteroatoms. The number of hydrogen-bond acceptors (Lipinski definition) is 5. The molecule has 0 unspecified atom stereocenters. The Morgan fingerprint density at radius 2 is 1.85 bits per heavy atom. The van der Waals surface area contributed by atoms with E-state index in [4.69, 9.17) is 21.0 Å². The summed E-state index contributed by atoms with van der Waals surface area (Å²) in [5.74, 6) is 3.88. The van der Waals surface area contributed by atoms with E-state index in [2.05, 4.69) is 43.7 Å². The van der Waals surface area contributed by atoms with Gasteiger partial charge in [-0.2, -0.15) is 5.10 Å². The first-order valence-corrected chi connectivity index (χ1v) is 11.7. The summed E-state index contributed by atoms with van der Waals surface area (Å²) >= 11 is 0. The Bertz CT molecular complexity index is 1070. The van der Waals surface area contributed by atoms with Gasteiger partial charge in [0.2, 0.25) is 5.88 Å².